The van der Waals surface area contributed by atoms with Gasteiger partial charge in [0.15, 0.2) is 5.41 Å². The molecule has 14 aromatic carbocycles. The van der Waals surface area contributed by atoms with E-state index < -0.39 is 23.3 Å². The first-order chi connectivity index (χ1) is 46.3. The number of benzene rings is 9. The zero-order valence-electron chi connectivity index (χ0n) is 55.4. The smallest absolute Gasteiger partial charge is 0.324 e. The van der Waals surface area contributed by atoms with Crippen molar-refractivity contribution in [3.8, 4) is 58.9 Å². The maximum absolute atomic E-state index is 15.9. The monoisotopic (exact) mass is 1230 g/mol. The zero-order chi connectivity index (χ0) is 63.3. The Kier molecular flexibility index (Phi) is 15.1. The summed E-state index contributed by atoms with van der Waals surface area (Å²) in [5, 5.41) is 33.4. The van der Waals surface area contributed by atoms with Crippen LogP contribution < -0.4 is 9.47 Å². The highest BCUT2D eigenvalue weighted by Crippen LogP contribution is 2.69. The van der Waals surface area contributed by atoms with Gasteiger partial charge < -0.3 is 18.9 Å². The topological polar surface area (TPSA) is 71.1 Å². The van der Waals surface area contributed by atoms with Crippen LogP contribution in [-0.4, -0.2) is 31.8 Å². The molecule has 0 saturated heterocycles. The largest absolute Gasteiger partial charge is 0.493 e. The van der Waals surface area contributed by atoms with E-state index in [1.54, 1.807) is 0 Å². The molecule has 14 aromatic rings. The Bertz CT molecular complexity index is 5170. The van der Waals surface area contributed by atoms with Gasteiger partial charge in [-0.2, -0.15) is 0 Å². The second-order valence-corrected chi connectivity index (χ2v) is 28.5. The Morgan fingerprint density at radius 1 is 0.372 bits per heavy atom. The first kappa shape index (κ1) is 59.1. The summed E-state index contributed by atoms with van der Waals surface area (Å²) in [6, 6.07) is 20.7. The standard InChI is InChI=1S/C88H82O6/c1-5-8-10-12-14-16-18-20-22-24-26-28-30-32-34-36-38-92-60-40-52(41-61(50-60)93-39-37-35-33-31-29-27-25-23-21-19-17-15-13-11-9-6-2)51-94-87(90)88(4,86(89)91-7-3)85-62-48-58-46-55-42-53-44-57-45-54-43-56-47-59-49-63(85)72-71(62)77-69(58)75-66(55)64(53)73-68(57)74-65(54)67(56)76-70(59)78(72)84-82(76)80(74)79(73)81(75)83(77)84/h40-45,48-50,85H,5-13,22-39,46-47,51H2,1-4H3. The van der Waals surface area contributed by atoms with Gasteiger partial charge in [-0.05, 0) is 281 Å². The van der Waals surface area contributed by atoms with Crippen LogP contribution in [0.5, 0.6) is 11.5 Å². The minimum absolute atomic E-state index is 0.0617. The average molecular weight is 1240 g/mol. The molecule has 0 spiro atoms. The average Bonchev–Trinajstić information content (AvgIpc) is 1.44. The number of rotatable bonds is 32. The van der Waals surface area contributed by atoms with Gasteiger partial charge >= 0.3 is 11.9 Å². The van der Waals surface area contributed by atoms with Crippen LogP contribution in [0.3, 0.4) is 0 Å². The fourth-order valence-corrected chi connectivity index (χ4v) is 18.6. The summed E-state index contributed by atoms with van der Waals surface area (Å²) in [5.41, 5.74) is 6.41. The molecule has 6 nitrogen and oxygen atoms in total. The summed E-state index contributed by atoms with van der Waals surface area (Å²) in [7, 11) is 0. The van der Waals surface area contributed by atoms with Crippen molar-refractivity contribution >= 4 is 141 Å². The molecule has 0 amide bonds. The summed E-state index contributed by atoms with van der Waals surface area (Å²) < 4.78 is 25.9. The third kappa shape index (κ3) is 8.94. The number of unbranched alkanes of at least 4 members (excludes halogenated alkanes) is 20. The van der Waals surface area contributed by atoms with Crippen molar-refractivity contribution in [1.29, 1.82) is 0 Å². The molecule has 0 bridgehead atoms. The molecule has 0 radical (unpaired) electrons. The lowest BCUT2D eigenvalue weighted by atomic mass is 9.70. The lowest BCUT2D eigenvalue weighted by molar-refractivity contribution is -0.173. The Balaban J connectivity index is 0.638. The van der Waals surface area contributed by atoms with Crippen LogP contribution in [0.2, 0.25) is 0 Å². The van der Waals surface area contributed by atoms with Gasteiger partial charge in [-0.1, -0.05) is 152 Å². The van der Waals surface area contributed by atoms with Crippen molar-refractivity contribution in [3.63, 3.8) is 0 Å². The molecule has 17 rings (SSSR count). The number of hydrogen-bond donors (Lipinski definition) is 0. The van der Waals surface area contributed by atoms with Crippen molar-refractivity contribution in [3.05, 3.63) is 93.5 Å². The van der Waals surface area contributed by atoms with Crippen LogP contribution in [0, 0.1) is 52.8 Å². The third-order valence-corrected chi connectivity index (χ3v) is 22.5. The summed E-state index contributed by atoms with van der Waals surface area (Å²) in [5.74, 6) is 24.6. The molecular formula is C88H82O6. The second kappa shape index (κ2) is 24.0. The highest BCUT2D eigenvalue weighted by Gasteiger charge is 2.56. The van der Waals surface area contributed by atoms with E-state index in [4.69, 9.17) is 18.9 Å². The summed E-state index contributed by atoms with van der Waals surface area (Å²) >= 11 is 0. The first-order valence-corrected chi connectivity index (χ1v) is 36.2. The maximum Gasteiger partial charge on any atom is 0.324 e. The van der Waals surface area contributed by atoms with Gasteiger partial charge in [0.1, 0.15) is 18.1 Å². The minimum atomic E-state index is -1.74. The van der Waals surface area contributed by atoms with Crippen molar-refractivity contribution < 1.29 is 28.5 Å². The van der Waals surface area contributed by atoms with E-state index in [2.05, 4.69) is 97.6 Å². The highest BCUT2D eigenvalue weighted by molar-refractivity contribution is 6.66. The van der Waals surface area contributed by atoms with E-state index in [0.29, 0.717) is 24.7 Å². The Labute approximate surface area is 551 Å². The van der Waals surface area contributed by atoms with Gasteiger partial charge in [-0.15, -0.1) is 0 Å². The van der Waals surface area contributed by atoms with Crippen molar-refractivity contribution in [1.82, 2.24) is 0 Å². The lowest BCUT2D eigenvalue weighted by Gasteiger charge is -2.33. The SMILES string of the molecule is CCCCCC#CC#CCCCCCCCCCOc1cc(COC(=O)C(C)(C(=O)OCC)C2c3cc4c5c6c3c3c2cc2c7c3c3c6c6c5c5c(cc8cc9cc%10cc(c%11c%10c%10c9c(c85)c6c%10c3c%117)C2)C4)cc(OCCCCCCCCCC#CC#CCCCCC)c1. The van der Waals surface area contributed by atoms with Crippen LogP contribution in [0.4, 0.5) is 0 Å². The molecule has 0 saturated carbocycles. The molecule has 94 heavy (non-hydrogen) atoms. The minimum Gasteiger partial charge on any atom is -0.493 e. The molecule has 6 heteroatoms. The van der Waals surface area contributed by atoms with E-state index in [1.807, 2.05) is 32.0 Å². The predicted octanol–water partition coefficient (Wildman–Crippen LogP) is 22.2. The van der Waals surface area contributed by atoms with E-state index in [0.717, 1.165) is 107 Å². The van der Waals surface area contributed by atoms with Crippen molar-refractivity contribution in [2.45, 2.75) is 207 Å². The number of hydrogen-bond acceptors (Lipinski definition) is 6. The number of ether oxygens (including phenoxy) is 4. The van der Waals surface area contributed by atoms with Crippen LogP contribution in [0.25, 0.3) is 129 Å². The first-order valence-electron chi connectivity index (χ1n) is 36.2. The van der Waals surface area contributed by atoms with Crippen LogP contribution in [0.1, 0.15) is 227 Å². The summed E-state index contributed by atoms with van der Waals surface area (Å²) in [6.45, 7) is 9.31. The van der Waals surface area contributed by atoms with Gasteiger partial charge in [0.25, 0.3) is 0 Å². The molecule has 0 heterocycles. The van der Waals surface area contributed by atoms with Gasteiger partial charge in [0.05, 0.1) is 19.8 Å². The van der Waals surface area contributed by atoms with E-state index in [1.165, 1.54) is 229 Å². The fourth-order valence-electron chi connectivity index (χ4n) is 18.6. The predicted molar refractivity (Wildman–Crippen MR) is 390 cm³/mol. The van der Waals surface area contributed by atoms with Crippen LogP contribution in [-0.2, 0) is 38.5 Å². The quantitative estimate of drug-likeness (QED) is 0.0138. The molecule has 0 aliphatic heterocycles. The normalized spacial score (nSPS) is 14.0. The van der Waals surface area contributed by atoms with E-state index in [-0.39, 0.29) is 13.2 Å². The molecule has 1 atom stereocenters. The summed E-state index contributed by atoms with van der Waals surface area (Å²) in [6.07, 6.45) is 28.4. The number of carbonyl (C=O) groups is 2. The summed E-state index contributed by atoms with van der Waals surface area (Å²) in [4.78, 5) is 31.3. The van der Waals surface area contributed by atoms with E-state index in [9.17, 15) is 0 Å². The van der Waals surface area contributed by atoms with Crippen LogP contribution >= 0.6 is 0 Å². The molecule has 0 fully saturated rings. The van der Waals surface area contributed by atoms with E-state index >= 15 is 9.59 Å². The van der Waals surface area contributed by atoms with Gasteiger partial charge in [-0.25, -0.2) is 0 Å². The highest BCUT2D eigenvalue weighted by atomic mass is 16.6. The van der Waals surface area contributed by atoms with Crippen LogP contribution in [0.15, 0.2) is 54.6 Å². The van der Waals surface area contributed by atoms with Crippen molar-refractivity contribution in [2.24, 2.45) is 5.41 Å². The number of carbonyl (C=O) groups excluding carboxylic acids is 2. The number of esters is 2. The second-order valence-electron chi connectivity index (χ2n) is 28.5. The molecular weight excluding hydrogens is 1150 g/mol. The zero-order valence-corrected chi connectivity index (χ0v) is 55.4. The maximum atomic E-state index is 15.9. The lowest BCUT2D eigenvalue weighted by Crippen LogP contribution is -2.44. The Hall–Kier alpha value is -8.68. The molecule has 3 aliphatic carbocycles. The fraction of sp³-hybridized carbons (Fsp3) is 0.409. The van der Waals surface area contributed by atoms with Gasteiger partial charge in [0, 0.05) is 37.7 Å². The Morgan fingerprint density at radius 3 is 1.15 bits per heavy atom. The molecule has 3 aliphatic rings. The molecule has 0 aromatic heterocycles. The van der Waals surface area contributed by atoms with Gasteiger partial charge in [0.2, 0.25) is 0 Å². The molecule has 0 N–H and O–H groups in total. The van der Waals surface area contributed by atoms with Crippen molar-refractivity contribution in [2.75, 3.05) is 19.8 Å². The third-order valence-electron chi connectivity index (χ3n) is 22.5. The van der Waals surface area contributed by atoms with Gasteiger partial charge in [-0.3, -0.25) is 9.59 Å². The Morgan fingerprint density at radius 2 is 0.713 bits per heavy atom. The molecule has 470 valence electrons. The molecule has 1 unspecified atom stereocenters.